The van der Waals surface area contributed by atoms with Crippen LogP contribution in [0.3, 0.4) is 0 Å². The minimum Gasteiger partial charge on any atom is -0.375 e. The number of halogens is 4. The van der Waals surface area contributed by atoms with Gasteiger partial charge in [0.2, 0.25) is 0 Å². The third-order valence-electron chi connectivity index (χ3n) is 7.38. The van der Waals surface area contributed by atoms with Gasteiger partial charge in [-0.25, -0.2) is 4.39 Å². The molecule has 0 spiro atoms. The maximum absolute atomic E-state index is 15.4. The van der Waals surface area contributed by atoms with E-state index in [1.54, 1.807) is 6.07 Å². The number of piperazine rings is 1. The second kappa shape index (κ2) is 11.9. The van der Waals surface area contributed by atoms with Gasteiger partial charge in [0.25, 0.3) is 0 Å². The molecule has 0 bridgehead atoms. The fourth-order valence-corrected chi connectivity index (χ4v) is 5.31. The van der Waals surface area contributed by atoms with Gasteiger partial charge in [-0.05, 0) is 68.6 Å². The van der Waals surface area contributed by atoms with Crippen molar-refractivity contribution in [1.82, 2.24) is 10.3 Å². The molecule has 0 amide bonds. The first-order valence-corrected chi connectivity index (χ1v) is 13.3. The van der Waals surface area contributed by atoms with Crippen molar-refractivity contribution < 1.29 is 17.6 Å². The molecule has 11 heteroatoms. The molecule has 2 aromatic carbocycles. The van der Waals surface area contributed by atoms with Gasteiger partial charge < -0.3 is 15.5 Å². The quantitative estimate of drug-likeness (QED) is 0.230. The first-order chi connectivity index (χ1) is 18.0. The number of rotatable bonds is 6. The molecular weight excluding hydrogens is 516 g/mol. The number of piperidine rings is 1. The maximum atomic E-state index is 15.4. The normalized spacial score (nSPS) is 18.0. The number of alkyl halides is 3. The Hall–Kier alpha value is -2.92. The average molecular weight is 551 g/mol. The predicted molar refractivity (Wildman–Crippen MR) is 148 cm³/mol. The number of benzene rings is 2. The van der Waals surface area contributed by atoms with Gasteiger partial charge in [0, 0.05) is 56.6 Å². The fourth-order valence-electron chi connectivity index (χ4n) is 5.25. The van der Waals surface area contributed by atoms with Crippen molar-refractivity contribution in [3.8, 4) is 0 Å². The van der Waals surface area contributed by atoms with Crippen LogP contribution < -0.4 is 21.0 Å². The number of hydrogen-bond donors (Lipinski definition) is 2. The minimum atomic E-state index is -4.37. The summed E-state index contributed by atoms with van der Waals surface area (Å²) in [6.45, 7) is 8.84. The Bertz CT molecular complexity index is 1150. The van der Waals surface area contributed by atoms with Crippen LogP contribution in [0.1, 0.15) is 49.3 Å². The third kappa shape index (κ3) is 6.74. The Morgan fingerprint density at radius 2 is 1.68 bits per heavy atom. The van der Waals surface area contributed by atoms with Crippen molar-refractivity contribution in [3.63, 3.8) is 0 Å². The smallest absolute Gasteiger partial charge is 0.375 e. The van der Waals surface area contributed by atoms with Crippen molar-refractivity contribution in [2.75, 3.05) is 49.1 Å². The zero-order valence-electron chi connectivity index (χ0n) is 21.6. The second-order valence-electron chi connectivity index (χ2n) is 10.1. The molecular formula is C27H34F4N6S. The predicted octanol–water partition coefficient (Wildman–Crippen LogP) is 4.93. The van der Waals surface area contributed by atoms with Crippen LogP contribution in [0.5, 0.6) is 0 Å². The average Bonchev–Trinajstić information content (AvgIpc) is 2.88. The Labute approximate surface area is 226 Å². The summed E-state index contributed by atoms with van der Waals surface area (Å²) in [6.07, 6.45) is -1.56. The molecule has 2 aliphatic heterocycles. The van der Waals surface area contributed by atoms with Gasteiger partial charge in [-0.2, -0.15) is 18.3 Å². The van der Waals surface area contributed by atoms with Crippen molar-refractivity contribution in [3.05, 3.63) is 58.9 Å². The van der Waals surface area contributed by atoms with Crippen molar-refractivity contribution in [2.24, 2.45) is 10.8 Å². The van der Waals surface area contributed by atoms with Crippen molar-refractivity contribution in [2.45, 2.75) is 44.8 Å². The van der Waals surface area contributed by atoms with Gasteiger partial charge in [-0.15, -0.1) is 0 Å². The summed E-state index contributed by atoms with van der Waals surface area (Å²) in [5.74, 6) is -0.373. The van der Waals surface area contributed by atoms with E-state index in [0.29, 0.717) is 48.8 Å². The zero-order valence-corrected chi connectivity index (χ0v) is 22.5. The van der Waals surface area contributed by atoms with E-state index < -0.39 is 11.7 Å². The van der Waals surface area contributed by atoms with Gasteiger partial charge in [-0.3, -0.25) is 10.3 Å². The summed E-state index contributed by atoms with van der Waals surface area (Å²) in [4.78, 5) is 6.63. The molecule has 2 fully saturated rings. The van der Waals surface area contributed by atoms with Crippen molar-refractivity contribution >= 4 is 34.9 Å². The van der Waals surface area contributed by atoms with Crippen LogP contribution in [0.25, 0.3) is 0 Å². The number of nitrogens with two attached hydrogens (primary N) is 1. The SMILES string of the molecule is CC(C)N1CCN(c2cc(N3CCC(c4cccc(C(F)(F)F)c4)CC3)c(F)cc2/C=N/NC(N)=S)CC1. The molecule has 206 valence electrons. The monoisotopic (exact) mass is 550 g/mol. The number of anilines is 2. The van der Waals surface area contributed by atoms with Gasteiger partial charge in [0.1, 0.15) is 5.82 Å². The minimum absolute atomic E-state index is 0.00206. The van der Waals surface area contributed by atoms with Crippen LogP contribution in [-0.2, 0) is 6.18 Å². The zero-order chi connectivity index (χ0) is 27.4. The standard InChI is InChI=1S/C27H34F4N6S/c1-18(2)35-10-12-37(13-11-35)24-16-25(23(28)15-21(24)17-33-34-26(32)38)36-8-6-19(7-9-36)20-4-3-5-22(14-20)27(29,30)31/h3-5,14-19H,6-13H2,1-2H3,(H3,32,34,38)/b33-17+. The molecule has 0 saturated carbocycles. The highest BCUT2D eigenvalue weighted by Crippen LogP contribution is 2.37. The Balaban J connectivity index is 1.54. The summed E-state index contributed by atoms with van der Waals surface area (Å²) in [7, 11) is 0. The molecule has 0 aromatic heterocycles. The van der Waals surface area contributed by atoms with Crippen molar-refractivity contribution in [1.29, 1.82) is 0 Å². The molecule has 0 atom stereocenters. The Morgan fingerprint density at radius 1 is 1.03 bits per heavy atom. The summed E-state index contributed by atoms with van der Waals surface area (Å²) in [5.41, 5.74) is 10.0. The largest absolute Gasteiger partial charge is 0.416 e. The van der Waals surface area contributed by atoms with E-state index in [0.717, 1.165) is 37.9 Å². The number of nitrogens with zero attached hydrogens (tertiary/aromatic N) is 4. The van der Waals surface area contributed by atoms with Crippen LogP contribution >= 0.6 is 12.2 Å². The van der Waals surface area contributed by atoms with E-state index >= 15 is 4.39 Å². The first kappa shape index (κ1) is 28.1. The summed E-state index contributed by atoms with van der Waals surface area (Å²) in [6, 6.07) is 9.34. The molecule has 3 N–H and O–H groups in total. The lowest BCUT2D eigenvalue weighted by Gasteiger charge is -2.39. The third-order valence-corrected chi connectivity index (χ3v) is 7.47. The second-order valence-corrected chi connectivity index (χ2v) is 10.5. The Kier molecular flexibility index (Phi) is 8.77. The molecule has 2 aliphatic rings. The van der Waals surface area contributed by atoms with Crippen LogP contribution in [0.4, 0.5) is 28.9 Å². The van der Waals surface area contributed by atoms with E-state index in [4.69, 9.17) is 18.0 Å². The highest BCUT2D eigenvalue weighted by Gasteiger charge is 2.32. The number of hydrazone groups is 1. The number of nitrogens with one attached hydrogen (secondary N) is 1. The lowest BCUT2D eigenvalue weighted by molar-refractivity contribution is -0.137. The molecule has 2 aromatic rings. The molecule has 6 nitrogen and oxygen atoms in total. The van der Waals surface area contributed by atoms with Gasteiger partial charge >= 0.3 is 6.18 Å². The lowest BCUT2D eigenvalue weighted by atomic mass is 9.88. The highest BCUT2D eigenvalue weighted by atomic mass is 32.1. The summed E-state index contributed by atoms with van der Waals surface area (Å²) < 4.78 is 55.0. The lowest BCUT2D eigenvalue weighted by Crippen LogP contribution is -2.49. The Morgan fingerprint density at radius 3 is 2.29 bits per heavy atom. The van der Waals surface area contributed by atoms with Crippen LogP contribution in [-0.4, -0.2) is 61.5 Å². The molecule has 0 unspecified atom stereocenters. The number of thiocarbonyl (C=S) groups is 1. The van der Waals surface area contributed by atoms with Crippen LogP contribution in [0.2, 0.25) is 0 Å². The van der Waals surface area contributed by atoms with Gasteiger partial charge in [0.05, 0.1) is 17.5 Å². The van der Waals surface area contributed by atoms with E-state index in [1.807, 2.05) is 11.0 Å². The van der Waals surface area contributed by atoms with Crippen LogP contribution in [0, 0.1) is 5.82 Å². The fraction of sp³-hybridized carbons (Fsp3) is 0.481. The number of hydrogen-bond acceptors (Lipinski definition) is 5. The molecule has 2 saturated heterocycles. The topological polar surface area (TPSA) is 60.1 Å². The van der Waals surface area contributed by atoms with E-state index in [1.165, 1.54) is 24.4 Å². The van der Waals surface area contributed by atoms with E-state index in [-0.39, 0.29) is 16.8 Å². The van der Waals surface area contributed by atoms with Crippen LogP contribution in [0.15, 0.2) is 41.5 Å². The summed E-state index contributed by atoms with van der Waals surface area (Å²) in [5, 5.41) is 4.07. The molecule has 4 rings (SSSR count). The van der Waals surface area contributed by atoms with Gasteiger partial charge in [-0.1, -0.05) is 18.2 Å². The van der Waals surface area contributed by atoms with E-state index in [2.05, 4.69) is 34.2 Å². The van der Waals surface area contributed by atoms with E-state index in [9.17, 15) is 13.2 Å². The molecule has 0 aliphatic carbocycles. The highest BCUT2D eigenvalue weighted by molar-refractivity contribution is 7.80. The molecule has 2 heterocycles. The van der Waals surface area contributed by atoms with Gasteiger partial charge in [0.15, 0.2) is 5.11 Å². The molecule has 0 radical (unpaired) electrons. The summed E-state index contributed by atoms with van der Waals surface area (Å²) >= 11 is 4.81. The molecule has 38 heavy (non-hydrogen) atoms. The maximum Gasteiger partial charge on any atom is 0.416 e. The first-order valence-electron chi connectivity index (χ1n) is 12.9.